The van der Waals surface area contributed by atoms with Gasteiger partial charge in [0.15, 0.2) is 5.13 Å². The van der Waals surface area contributed by atoms with E-state index in [0.717, 1.165) is 42.5 Å². The van der Waals surface area contributed by atoms with Crippen molar-refractivity contribution >= 4 is 22.4 Å². The van der Waals surface area contributed by atoms with Crippen molar-refractivity contribution in [3.8, 4) is 0 Å². The van der Waals surface area contributed by atoms with E-state index < -0.39 is 0 Å². The molecule has 0 N–H and O–H groups in total. The lowest BCUT2D eigenvalue weighted by atomic mass is 10.1. The van der Waals surface area contributed by atoms with Crippen LogP contribution in [0.3, 0.4) is 0 Å². The van der Waals surface area contributed by atoms with Gasteiger partial charge in [-0.05, 0) is 19.8 Å². The van der Waals surface area contributed by atoms with Crippen molar-refractivity contribution in [2.45, 2.75) is 32.7 Å². The van der Waals surface area contributed by atoms with Gasteiger partial charge in [0.1, 0.15) is 11.5 Å². The molecular weight excluding hydrogens is 260 g/mol. The largest absolute Gasteiger partial charge is 0.324 e. The van der Waals surface area contributed by atoms with Gasteiger partial charge in [0, 0.05) is 25.4 Å². The maximum Gasteiger partial charge on any atom is 0.278 e. The van der Waals surface area contributed by atoms with Gasteiger partial charge >= 0.3 is 0 Å². The van der Waals surface area contributed by atoms with E-state index >= 15 is 0 Å². The lowest BCUT2D eigenvalue weighted by molar-refractivity contribution is 0.0983. The first-order valence-electron chi connectivity index (χ1n) is 6.41. The van der Waals surface area contributed by atoms with Crippen molar-refractivity contribution in [3.63, 3.8) is 0 Å². The summed E-state index contributed by atoms with van der Waals surface area (Å²) in [4.78, 5) is 22.8. The van der Waals surface area contributed by atoms with E-state index in [0.29, 0.717) is 5.69 Å². The second-order valence-electron chi connectivity index (χ2n) is 4.80. The summed E-state index contributed by atoms with van der Waals surface area (Å²) in [6.45, 7) is 2.82. The third-order valence-electron chi connectivity index (χ3n) is 3.39. The number of rotatable bonds is 2. The maximum absolute atomic E-state index is 12.5. The second kappa shape index (κ2) is 4.77. The molecule has 3 heterocycles. The van der Waals surface area contributed by atoms with Crippen molar-refractivity contribution in [3.05, 3.63) is 28.8 Å². The van der Waals surface area contributed by atoms with Gasteiger partial charge in [0.2, 0.25) is 0 Å². The number of thiazole rings is 1. The van der Waals surface area contributed by atoms with Crippen molar-refractivity contribution in [2.24, 2.45) is 0 Å². The zero-order chi connectivity index (χ0) is 13.4. The smallest absolute Gasteiger partial charge is 0.278 e. The Morgan fingerprint density at radius 2 is 2.32 bits per heavy atom. The lowest BCUT2D eigenvalue weighted by Gasteiger charge is -2.18. The van der Waals surface area contributed by atoms with Crippen LogP contribution in [0.2, 0.25) is 0 Å². The highest BCUT2D eigenvalue weighted by Gasteiger charge is 2.23. The van der Waals surface area contributed by atoms with E-state index in [-0.39, 0.29) is 5.91 Å². The Balaban J connectivity index is 1.89. The first-order valence-corrected chi connectivity index (χ1v) is 7.29. The number of fused-ring (bicyclic) bond motifs is 1. The number of amides is 1. The molecule has 1 aliphatic rings. The van der Waals surface area contributed by atoms with Crippen molar-refractivity contribution in [2.75, 3.05) is 11.9 Å². The monoisotopic (exact) mass is 276 g/mol. The van der Waals surface area contributed by atoms with E-state index in [2.05, 4.69) is 9.97 Å². The fraction of sp³-hybridized carbons (Fsp3) is 0.462. The molecule has 1 amide bonds. The third-order valence-corrected chi connectivity index (χ3v) is 4.42. The fourth-order valence-electron chi connectivity index (χ4n) is 2.34. The van der Waals surface area contributed by atoms with Crippen LogP contribution in [-0.2, 0) is 13.0 Å². The first-order chi connectivity index (χ1) is 9.16. The molecule has 0 bridgehead atoms. The molecule has 0 radical (unpaired) electrons. The quantitative estimate of drug-likeness (QED) is 0.845. The number of aromatic nitrogens is 3. The zero-order valence-corrected chi connectivity index (χ0v) is 11.9. The Morgan fingerprint density at radius 1 is 1.47 bits per heavy atom. The topological polar surface area (TPSA) is 51.0 Å². The maximum atomic E-state index is 12.5. The number of imidazole rings is 1. The van der Waals surface area contributed by atoms with E-state index in [1.807, 2.05) is 16.9 Å². The lowest BCUT2D eigenvalue weighted by Crippen LogP contribution is -2.29. The number of carbonyl (C=O) groups is 1. The molecule has 0 saturated heterocycles. The van der Waals surface area contributed by atoms with Crippen molar-refractivity contribution < 1.29 is 4.79 Å². The van der Waals surface area contributed by atoms with Gasteiger partial charge < -0.3 is 4.57 Å². The minimum atomic E-state index is -0.0324. The van der Waals surface area contributed by atoms with Crippen LogP contribution in [0.4, 0.5) is 5.13 Å². The summed E-state index contributed by atoms with van der Waals surface area (Å²) in [6.07, 6.45) is 4.93. The number of carbonyl (C=O) groups excluding carboxylic acids is 1. The summed E-state index contributed by atoms with van der Waals surface area (Å²) < 4.78 is 2.04. The molecule has 0 spiro atoms. The van der Waals surface area contributed by atoms with Gasteiger partial charge in [0.25, 0.3) is 5.91 Å². The predicted octanol–water partition coefficient (Wildman–Crippen LogP) is 2.26. The normalized spacial score (nSPS) is 14.2. The first kappa shape index (κ1) is 12.3. The van der Waals surface area contributed by atoms with Crippen LogP contribution < -0.4 is 4.90 Å². The minimum absolute atomic E-state index is 0.0324. The van der Waals surface area contributed by atoms with Crippen LogP contribution in [0.25, 0.3) is 0 Å². The van der Waals surface area contributed by atoms with Gasteiger partial charge in [-0.15, -0.1) is 11.3 Å². The molecule has 0 aromatic carbocycles. The van der Waals surface area contributed by atoms with Gasteiger partial charge in [0.05, 0.1) is 11.9 Å². The Morgan fingerprint density at radius 3 is 3.05 bits per heavy atom. The highest BCUT2D eigenvalue weighted by molar-refractivity contribution is 7.14. The van der Waals surface area contributed by atoms with E-state index in [1.54, 1.807) is 18.1 Å². The highest BCUT2D eigenvalue weighted by atomic mass is 32.1. The average molecular weight is 276 g/mol. The molecule has 2 aromatic heterocycles. The number of nitrogens with zero attached hydrogens (tertiary/aromatic N) is 4. The SMILES string of the molecule is Cc1csc(N(C)C(=O)c2cnc3n2CCCC3)n1. The molecule has 6 heteroatoms. The zero-order valence-electron chi connectivity index (χ0n) is 11.1. The predicted molar refractivity (Wildman–Crippen MR) is 74.7 cm³/mol. The minimum Gasteiger partial charge on any atom is -0.324 e. The van der Waals surface area contributed by atoms with Crippen LogP contribution in [0.1, 0.15) is 34.8 Å². The highest BCUT2D eigenvalue weighted by Crippen LogP contribution is 2.22. The molecule has 100 valence electrons. The van der Waals surface area contributed by atoms with Crippen LogP contribution in [0.15, 0.2) is 11.6 Å². The van der Waals surface area contributed by atoms with Gasteiger partial charge in [-0.2, -0.15) is 0 Å². The molecule has 2 aromatic rings. The molecule has 1 aliphatic heterocycles. The van der Waals surface area contributed by atoms with E-state index in [4.69, 9.17) is 0 Å². The average Bonchev–Trinajstić information content (AvgIpc) is 3.03. The van der Waals surface area contributed by atoms with Crippen LogP contribution in [0.5, 0.6) is 0 Å². The van der Waals surface area contributed by atoms with Crippen molar-refractivity contribution in [1.29, 1.82) is 0 Å². The second-order valence-corrected chi connectivity index (χ2v) is 5.64. The summed E-state index contributed by atoms with van der Waals surface area (Å²) >= 11 is 1.48. The van der Waals surface area contributed by atoms with Crippen LogP contribution in [0, 0.1) is 6.92 Å². The van der Waals surface area contributed by atoms with Crippen LogP contribution in [-0.4, -0.2) is 27.5 Å². The summed E-state index contributed by atoms with van der Waals surface area (Å²) in [6, 6.07) is 0. The van der Waals surface area contributed by atoms with Gasteiger partial charge in [-0.25, -0.2) is 9.97 Å². The summed E-state index contributed by atoms with van der Waals surface area (Å²) in [7, 11) is 1.77. The van der Waals surface area contributed by atoms with Gasteiger partial charge in [-0.3, -0.25) is 9.69 Å². The molecule has 0 atom stereocenters. The Bertz CT molecular complexity index is 616. The summed E-state index contributed by atoms with van der Waals surface area (Å²) in [5.41, 5.74) is 1.61. The molecule has 3 rings (SSSR count). The van der Waals surface area contributed by atoms with E-state index in [9.17, 15) is 4.79 Å². The number of hydrogen-bond acceptors (Lipinski definition) is 4. The molecular formula is C13H16N4OS. The van der Waals surface area contributed by atoms with Crippen LogP contribution >= 0.6 is 11.3 Å². The Kier molecular flexibility index (Phi) is 3.10. The molecule has 0 unspecified atom stereocenters. The number of anilines is 1. The molecule has 19 heavy (non-hydrogen) atoms. The number of hydrogen-bond donors (Lipinski definition) is 0. The Hall–Kier alpha value is -1.69. The molecule has 0 aliphatic carbocycles. The Labute approximate surface area is 115 Å². The summed E-state index contributed by atoms with van der Waals surface area (Å²) in [5, 5.41) is 2.68. The molecule has 0 saturated carbocycles. The van der Waals surface area contributed by atoms with E-state index in [1.165, 1.54) is 11.3 Å². The summed E-state index contributed by atoms with van der Waals surface area (Å²) in [5.74, 6) is 0.994. The molecule has 5 nitrogen and oxygen atoms in total. The standard InChI is InChI=1S/C13H16N4OS/c1-9-8-19-13(15-9)16(2)12(18)10-7-14-11-5-3-4-6-17(10)11/h7-8H,3-6H2,1-2H3. The number of aryl methyl sites for hydroxylation is 2. The van der Waals surface area contributed by atoms with Crippen molar-refractivity contribution in [1.82, 2.24) is 14.5 Å². The fourth-order valence-corrected chi connectivity index (χ4v) is 3.11. The third kappa shape index (κ3) is 2.16. The van der Waals surface area contributed by atoms with Gasteiger partial charge in [-0.1, -0.05) is 0 Å². The molecule has 0 fully saturated rings.